The summed E-state index contributed by atoms with van der Waals surface area (Å²) in [5, 5.41) is 0. The molecule has 1 heterocycles. The Kier molecular flexibility index (Phi) is 6.82. The van der Waals surface area contributed by atoms with Crippen molar-refractivity contribution < 1.29 is 4.74 Å². The number of rotatable bonds is 7. The lowest BCUT2D eigenvalue weighted by Gasteiger charge is -2.12. The zero-order valence-corrected chi connectivity index (χ0v) is 18.0. The van der Waals surface area contributed by atoms with E-state index in [9.17, 15) is 0 Å². The number of aliphatic imine (C=N–C) groups is 1. The third-order valence-electron chi connectivity index (χ3n) is 4.41. The summed E-state index contributed by atoms with van der Waals surface area (Å²) in [6, 6.07) is 20.6. The first-order valence-electron chi connectivity index (χ1n) is 9.25. The van der Waals surface area contributed by atoms with Crippen molar-refractivity contribution in [2.24, 2.45) is 4.99 Å². The molecule has 0 N–H and O–H groups in total. The second-order valence-electron chi connectivity index (χ2n) is 6.55. The SMILES string of the molecule is CCN(C)C=Nc1cc(Br)c(OCc2cccc(-c3ccccc3)c2)nc1C. The number of benzene rings is 2. The zero-order chi connectivity index (χ0) is 19.9. The lowest BCUT2D eigenvalue weighted by molar-refractivity contribution is 0.291. The summed E-state index contributed by atoms with van der Waals surface area (Å²) < 4.78 is 6.77. The van der Waals surface area contributed by atoms with Crippen molar-refractivity contribution in [2.45, 2.75) is 20.5 Å². The van der Waals surface area contributed by atoms with Crippen LogP contribution in [-0.4, -0.2) is 29.8 Å². The van der Waals surface area contributed by atoms with Gasteiger partial charge in [0.05, 0.1) is 22.2 Å². The molecule has 0 unspecified atom stereocenters. The molecule has 0 aliphatic rings. The van der Waals surface area contributed by atoms with Crippen LogP contribution in [0.4, 0.5) is 5.69 Å². The molecule has 28 heavy (non-hydrogen) atoms. The maximum Gasteiger partial charge on any atom is 0.228 e. The lowest BCUT2D eigenvalue weighted by Crippen LogP contribution is -2.14. The van der Waals surface area contributed by atoms with E-state index >= 15 is 0 Å². The fourth-order valence-electron chi connectivity index (χ4n) is 2.65. The van der Waals surface area contributed by atoms with Crippen LogP contribution in [0, 0.1) is 6.92 Å². The normalized spacial score (nSPS) is 11.0. The van der Waals surface area contributed by atoms with E-state index in [1.54, 1.807) is 0 Å². The van der Waals surface area contributed by atoms with E-state index in [1.807, 2.05) is 49.5 Å². The summed E-state index contributed by atoms with van der Waals surface area (Å²) in [4.78, 5) is 11.1. The van der Waals surface area contributed by atoms with Gasteiger partial charge in [-0.2, -0.15) is 0 Å². The highest BCUT2D eigenvalue weighted by molar-refractivity contribution is 9.10. The Morgan fingerprint density at radius 2 is 1.82 bits per heavy atom. The Labute approximate surface area is 175 Å². The van der Waals surface area contributed by atoms with E-state index < -0.39 is 0 Å². The molecule has 0 spiro atoms. The third kappa shape index (κ3) is 5.20. The van der Waals surface area contributed by atoms with Gasteiger partial charge in [-0.3, -0.25) is 0 Å². The zero-order valence-electron chi connectivity index (χ0n) is 16.4. The molecule has 4 nitrogen and oxygen atoms in total. The molecule has 2 aromatic carbocycles. The number of aromatic nitrogens is 1. The minimum Gasteiger partial charge on any atom is -0.472 e. The van der Waals surface area contributed by atoms with E-state index in [0.717, 1.165) is 28.0 Å². The van der Waals surface area contributed by atoms with Gasteiger partial charge in [0.1, 0.15) is 6.61 Å². The number of ether oxygens (including phenoxy) is 1. The summed E-state index contributed by atoms with van der Waals surface area (Å²) in [6.45, 7) is 5.37. The molecule has 0 aliphatic heterocycles. The molecule has 0 radical (unpaired) electrons. The van der Waals surface area contributed by atoms with E-state index in [4.69, 9.17) is 4.74 Å². The Hall–Kier alpha value is -2.66. The molecule has 0 aliphatic carbocycles. The molecule has 0 amide bonds. The minimum absolute atomic E-state index is 0.451. The van der Waals surface area contributed by atoms with Gasteiger partial charge in [-0.1, -0.05) is 48.5 Å². The van der Waals surface area contributed by atoms with Gasteiger partial charge in [-0.25, -0.2) is 9.98 Å². The summed E-state index contributed by atoms with van der Waals surface area (Å²) in [7, 11) is 1.99. The smallest absolute Gasteiger partial charge is 0.228 e. The fourth-order valence-corrected chi connectivity index (χ4v) is 3.07. The van der Waals surface area contributed by atoms with Gasteiger partial charge in [-0.15, -0.1) is 0 Å². The topological polar surface area (TPSA) is 37.7 Å². The number of hydrogen-bond acceptors (Lipinski definition) is 3. The highest BCUT2D eigenvalue weighted by Gasteiger charge is 2.09. The minimum atomic E-state index is 0.451. The molecule has 1 aromatic heterocycles. The van der Waals surface area contributed by atoms with Crippen LogP contribution >= 0.6 is 15.9 Å². The molecule has 3 aromatic rings. The van der Waals surface area contributed by atoms with E-state index in [0.29, 0.717) is 12.5 Å². The van der Waals surface area contributed by atoms with E-state index in [1.165, 1.54) is 11.1 Å². The predicted octanol–water partition coefficient (Wildman–Crippen LogP) is 6.01. The van der Waals surface area contributed by atoms with E-state index in [-0.39, 0.29) is 0 Å². The van der Waals surface area contributed by atoms with Crippen LogP contribution in [0.5, 0.6) is 5.88 Å². The largest absolute Gasteiger partial charge is 0.472 e. The average Bonchev–Trinajstić information content (AvgIpc) is 2.73. The average molecular weight is 438 g/mol. The Bertz CT molecular complexity index is 957. The molecule has 0 saturated heterocycles. The van der Waals surface area contributed by atoms with Crippen molar-refractivity contribution in [3.8, 4) is 17.0 Å². The number of hydrogen-bond donors (Lipinski definition) is 0. The maximum absolute atomic E-state index is 5.98. The number of pyridine rings is 1. The van der Waals surface area contributed by atoms with Gasteiger partial charge in [0.25, 0.3) is 0 Å². The van der Waals surface area contributed by atoms with Gasteiger partial charge < -0.3 is 9.64 Å². The Morgan fingerprint density at radius 1 is 1.07 bits per heavy atom. The first-order chi connectivity index (χ1) is 13.6. The molecule has 0 fully saturated rings. The van der Waals surface area contributed by atoms with Gasteiger partial charge in [0.2, 0.25) is 5.88 Å². The van der Waals surface area contributed by atoms with Crippen LogP contribution in [0.3, 0.4) is 0 Å². The van der Waals surface area contributed by atoms with Crippen LogP contribution in [0.15, 0.2) is 70.1 Å². The molecule has 144 valence electrons. The van der Waals surface area contributed by atoms with Gasteiger partial charge >= 0.3 is 0 Å². The summed E-state index contributed by atoms with van der Waals surface area (Å²) in [5.41, 5.74) is 5.12. The molecule has 0 saturated carbocycles. The molecule has 3 rings (SSSR count). The van der Waals surface area contributed by atoms with Crippen LogP contribution in [-0.2, 0) is 6.61 Å². The number of halogens is 1. The van der Waals surface area contributed by atoms with Crippen LogP contribution in [0.1, 0.15) is 18.2 Å². The van der Waals surface area contributed by atoms with Crippen molar-refractivity contribution in [3.05, 3.63) is 76.4 Å². The first kappa shape index (κ1) is 20.1. The molecule has 5 heteroatoms. The van der Waals surface area contributed by atoms with Crippen LogP contribution in [0.2, 0.25) is 0 Å². The summed E-state index contributed by atoms with van der Waals surface area (Å²) in [5.74, 6) is 0.574. The van der Waals surface area contributed by atoms with Crippen molar-refractivity contribution >= 4 is 28.0 Å². The Morgan fingerprint density at radius 3 is 2.57 bits per heavy atom. The number of aryl methyl sites for hydroxylation is 1. The summed E-state index contributed by atoms with van der Waals surface area (Å²) in [6.07, 6.45) is 1.81. The van der Waals surface area contributed by atoms with Crippen LogP contribution in [0.25, 0.3) is 11.1 Å². The van der Waals surface area contributed by atoms with Crippen molar-refractivity contribution in [2.75, 3.05) is 13.6 Å². The van der Waals surface area contributed by atoms with Crippen molar-refractivity contribution in [1.82, 2.24) is 9.88 Å². The molecule has 0 bridgehead atoms. The Balaban J connectivity index is 1.73. The van der Waals surface area contributed by atoms with Crippen molar-refractivity contribution in [3.63, 3.8) is 0 Å². The van der Waals surface area contributed by atoms with Gasteiger partial charge in [0.15, 0.2) is 0 Å². The maximum atomic E-state index is 5.98. The molecular weight excluding hydrogens is 414 g/mol. The highest BCUT2D eigenvalue weighted by Crippen LogP contribution is 2.30. The molecule has 0 atom stereocenters. The monoisotopic (exact) mass is 437 g/mol. The number of nitrogens with zero attached hydrogens (tertiary/aromatic N) is 3. The second-order valence-corrected chi connectivity index (χ2v) is 7.41. The lowest BCUT2D eigenvalue weighted by atomic mass is 10.0. The van der Waals surface area contributed by atoms with Gasteiger partial charge in [-0.05, 0) is 58.6 Å². The van der Waals surface area contributed by atoms with Gasteiger partial charge in [0, 0.05) is 13.6 Å². The molecular formula is C23H24BrN3O. The first-order valence-corrected chi connectivity index (χ1v) is 10.0. The van der Waals surface area contributed by atoms with E-state index in [2.05, 4.69) is 69.2 Å². The second kappa shape index (κ2) is 9.51. The highest BCUT2D eigenvalue weighted by atomic mass is 79.9. The quantitative estimate of drug-likeness (QED) is 0.335. The fraction of sp³-hybridized carbons (Fsp3) is 0.217. The summed E-state index contributed by atoms with van der Waals surface area (Å²) >= 11 is 3.56. The standard InChI is InChI=1S/C23H24BrN3O/c1-4-27(3)16-25-22-14-21(24)23(26-17(22)2)28-15-18-9-8-12-20(13-18)19-10-6-5-7-11-19/h5-14,16H,4,15H2,1-3H3. The third-order valence-corrected chi connectivity index (χ3v) is 4.98. The predicted molar refractivity (Wildman–Crippen MR) is 119 cm³/mol. The van der Waals surface area contributed by atoms with Crippen molar-refractivity contribution in [1.29, 1.82) is 0 Å². The van der Waals surface area contributed by atoms with Crippen LogP contribution < -0.4 is 4.74 Å².